The number of amides is 1. The number of fused-ring (bicyclic) bond motifs is 1. The van der Waals surface area contributed by atoms with Crippen molar-refractivity contribution in [2.75, 3.05) is 6.54 Å². The molecule has 1 heterocycles. The van der Waals surface area contributed by atoms with Crippen molar-refractivity contribution >= 4 is 22.9 Å². The van der Waals surface area contributed by atoms with E-state index in [0.29, 0.717) is 42.4 Å². The second-order valence-corrected chi connectivity index (χ2v) is 8.18. The summed E-state index contributed by atoms with van der Waals surface area (Å²) in [6, 6.07) is 25.3. The van der Waals surface area contributed by atoms with E-state index in [-0.39, 0.29) is 12.3 Å². The van der Waals surface area contributed by atoms with Gasteiger partial charge in [-0.2, -0.15) is 0 Å². The first-order chi connectivity index (χ1) is 16.6. The van der Waals surface area contributed by atoms with Gasteiger partial charge in [-0.1, -0.05) is 60.7 Å². The summed E-state index contributed by atoms with van der Waals surface area (Å²) in [7, 11) is 0. The number of aromatic nitrogens is 2. The molecule has 172 valence electrons. The fourth-order valence-corrected chi connectivity index (χ4v) is 3.87. The maximum atomic E-state index is 12.7. The van der Waals surface area contributed by atoms with Crippen molar-refractivity contribution in [2.24, 2.45) is 0 Å². The zero-order valence-electron chi connectivity index (χ0n) is 18.9. The van der Waals surface area contributed by atoms with Crippen molar-refractivity contribution in [3.05, 3.63) is 95.7 Å². The lowest BCUT2D eigenvalue weighted by molar-refractivity contribution is -0.137. The Hall–Kier alpha value is -4.06. The van der Waals surface area contributed by atoms with Crippen molar-refractivity contribution in [2.45, 2.75) is 32.1 Å². The van der Waals surface area contributed by atoms with Crippen LogP contribution in [0.4, 0.5) is 0 Å². The van der Waals surface area contributed by atoms with Crippen molar-refractivity contribution in [1.82, 2.24) is 15.3 Å². The molecule has 1 aromatic heterocycles. The molecule has 6 nitrogen and oxygen atoms in total. The zero-order valence-corrected chi connectivity index (χ0v) is 18.9. The van der Waals surface area contributed by atoms with E-state index >= 15 is 0 Å². The van der Waals surface area contributed by atoms with Gasteiger partial charge in [-0.3, -0.25) is 9.59 Å². The minimum absolute atomic E-state index is 0.134. The Bertz CT molecular complexity index is 1270. The molecule has 3 aromatic carbocycles. The molecule has 0 aliphatic carbocycles. The van der Waals surface area contributed by atoms with E-state index in [0.717, 1.165) is 23.4 Å². The molecular formula is C28H27N3O3. The van der Waals surface area contributed by atoms with Crippen molar-refractivity contribution in [1.29, 1.82) is 0 Å². The Kier molecular flexibility index (Phi) is 7.60. The van der Waals surface area contributed by atoms with Crippen LogP contribution in [0.2, 0.25) is 0 Å². The molecule has 4 aromatic rings. The third kappa shape index (κ3) is 6.04. The number of benzene rings is 3. The minimum atomic E-state index is -0.796. The first kappa shape index (κ1) is 23.1. The van der Waals surface area contributed by atoms with Crippen molar-refractivity contribution < 1.29 is 14.7 Å². The molecule has 34 heavy (non-hydrogen) atoms. The average Bonchev–Trinajstić information content (AvgIpc) is 2.86. The van der Waals surface area contributed by atoms with Crippen LogP contribution in [0.3, 0.4) is 0 Å². The van der Waals surface area contributed by atoms with Crippen LogP contribution >= 0.6 is 0 Å². The average molecular weight is 454 g/mol. The highest BCUT2D eigenvalue weighted by molar-refractivity contribution is 5.97. The maximum Gasteiger partial charge on any atom is 0.303 e. The summed E-state index contributed by atoms with van der Waals surface area (Å²) in [6.07, 6.45) is 2.79. The molecule has 0 unspecified atom stereocenters. The predicted octanol–water partition coefficient (Wildman–Crippen LogP) is 5.07. The molecular weight excluding hydrogens is 426 g/mol. The molecule has 4 rings (SSSR count). The number of unbranched alkanes of at least 4 members (excludes halogenated alkanes) is 1. The number of carbonyl (C=O) groups excluding carboxylic acids is 1. The molecule has 6 heteroatoms. The summed E-state index contributed by atoms with van der Waals surface area (Å²) in [4.78, 5) is 33.3. The van der Waals surface area contributed by atoms with Crippen molar-refractivity contribution in [3.63, 3.8) is 0 Å². The van der Waals surface area contributed by atoms with E-state index in [1.54, 1.807) is 12.1 Å². The summed E-state index contributed by atoms with van der Waals surface area (Å²) >= 11 is 0. The lowest BCUT2D eigenvalue weighted by Gasteiger charge is -2.11. The van der Waals surface area contributed by atoms with E-state index in [9.17, 15) is 9.59 Å². The standard InChI is InChI=1S/C28H27N3O3/c32-26(33)14-8-7-13-24-27(21-11-5-2-6-12-21)31-23-16-15-22(19-25(23)30-24)28(34)29-18-17-20-9-3-1-4-10-20/h1-6,9-12,15-16,19H,7-8,13-14,17-18H2,(H,29,34)(H,32,33). The molecule has 0 aliphatic rings. The van der Waals surface area contributed by atoms with Crippen LogP contribution in [0.5, 0.6) is 0 Å². The second-order valence-electron chi connectivity index (χ2n) is 8.18. The van der Waals surface area contributed by atoms with Crippen LogP contribution in [0.1, 0.15) is 40.9 Å². The number of nitrogens with zero attached hydrogens (tertiary/aromatic N) is 2. The molecule has 0 saturated carbocycles. The number of hydrogen-bond acceptors (Lipinski definition) is 4. The van der Waals surface area contributed by atoms with Gasteiger partial charge < -0.3 is 10.4 Å². The topological polar surface area (TPSA) is 92.2 Å². The summed E-state index contributed by atoms with van der Waals surface area (Å²) < 4.78 is 0. The van der Waals surface area contributed by atoms with E-state index in [1.165, 1.54) is 5.56 Å². The van der Waals surface area contributed by atoms with Gasteiger partial charge in [0.2, 0.25) is 0 Å². The smallest absolute Gasteiger partial charge is 0.303 e. The number of aliphatic carboxylic acids is 1. The summed E-state index contributed by atoms with van der Waals surface area (Å²) in [6.45, 7) is 0.550. The first-order valence-corrected chi connectivity index (χ1v) is 11.5. The van der Waals surface area contributed by atoms with E-state index in [2.05, 4.69) is 5.32 Å². The number of carboxylic acid groups (broad SMARTS) is 1. The van der Waals surface area contributed by atoms with Crippen LogP contribution in [0.15, 0.2) is 78.9 Å². The SMILES string of the molecule is O=C(O)CCCCc1nc2cc(C(=O)NCCc3ccccc3)ccc2nc1-c1ccccc1. The number of carboxylic acids is 1. The molecule has 0 saturated heterocycles. The molecule has 0 radical (unpaired) electrons. The van der Waals surface area contributed by atoms with Gasteiger partial charge in [-0.25, -0.2) is 9.97 Å². The van der Waals surface area contributed by atoms with E-state index in [4.69, 9.17) is 15.1 Å². The second kappa shape index (κ2) is 11.2. The van der Waals surface area contributed by atoms with Gasteiger partial charge in [0.25, 0.3) is 5.91 Å². The molecule has 2 N–H and O–H groups in total. The van der Waals surface area contributed by atoms with E-state index < -0.39 is 5.97 Å². The number of hydrogen-bond donors (Lipinski definition) is 2. The van der Waals surface area contributed by atoms with Gasteiger partial charge in [-0.05, 0) is 49.4 Å². The highest BCUT2D eigenvalue weighted by Crippen LogP contribution is 2.25. The van der Waals surface area contributed by atoms with Crippen LogP contribution in [-0.2, 0) is 17.6 Å². The van der Waals surface area contributed by atoms with Crippen LogP contribution in [0.25, 0.3) is 22.3 Å². The van der Waals surface area contributed by atoms with Crippen LogP contribution in [-0.4, -0.2) is 33.5 Å². The van der Waals surface area contributed by atoms with Gasteiger partial charge in [0.15, 0.2) is 0 Å². The van der Waals surface area contributed by atoms with Crippen LogP contribution in [0, 0.1) is 0 Å². The fraction of sp³-hybridized carbons (Fsp3) is 0.214. The fourth-order valence-electron chi connectivity index (χ4n) is 3.87. The Morgan fingerprint density at radius 2 is 1.53 bits per heavy atom. The first-order valence-electron chi connectivity index (χ1n) is 11.5. The Morgan fingerprint density at radius 3 is 2.26 bits per heavy atom. The predicted molar refractivity (Wildman–Crippen MR) is 133 cm³/mol. The highest BCUT2D eigenvalue weighted by atomic mass is 16.4. The third-order valence-electron chi connectivity index (χ3n) is 5.64. The lowest BCUT2D eigenvalue weighted by atomic mass is 10.0. The summed E-state index contributed by atoms with van der Waals surface area (Å²) in [5.74, 6) is -0.939. The number of aryl methyl sites for hydroxylation is 1. The van der Waals surface area contributed by atoms with E-state index in [1.807, 2.05) is 66.7 Å². The number of rotatable bonds is 10. The van der Waals surface area contributed by atoms with Gasteiger partial charge >= 0.3 is 5.97 Å². The molecule has 0 spiro atoms. The summed E-state index contributed by atoms with van der Waals surface area (Å²) in [5.41, 5.74) is 5.66. The van der Waals surface area contributed by atoms with Gasteiger partial charge in [-0.15, -0.1) is 0 Å². The Labute approximate surface area is 198 Å². The highest BCUT2D eigenvalue weighted by Gasteiger charge is 2.13. The normalized spacial score (nSPS) is 10.8. The maximum absolute atomic E-state index is 12.7. The quantitative estimate of drug-likeness (QED) is 0.327. The van der Waals surface area contributed by atoms with Gasteiger partial charge in [0.1, 0.15) is 0 Å². The number of nitrogens with one attached hydrogen (secondary N) is 1. The molecule has 0 aliphatic heterocycles. The monoisotopic (exact) mass is 453 g/mol. The summed E-state index contributed by atoms with van der Waals surface area (Å²) in [5, 5.41) is 11.9. The Balaban J connectivity index is 1.54. The van der Waals surface area contributed by atoms with Crippen molar-refractivity contribution in [3.8, 4) is 11.3 Å². The molecule has 0 fully saturated rings. The zero-order chi connectivity index (χ0) is 23.8. The lowest BCUT2D eigenvalue weighted by Crippen LogP contribution is -2.25. The Morgan fingerprint density at radius 1 is 0.794 bits per heavy atom. The van der Waals surface area contributed by atoms with Gasteiger partial charge in [0, 0.05) is 24.1 Å². The molecule has 1 amide bonds. The van der Waals surface area contributed by atoms with Gasteiger partial charge in [0.05, 0.1) is 22.4 Å². The third-order valence-corrected chi connectivity index (χ3v) is 5.64. The minimum Gasteiger partial charge on any atom is -0.481 e. The van der Waals surface area contributed by atoms with Crippen LogP contribution < -0.4 is 5.32 Å². The molecule has 0 bridgehead atoms. The molecule has 0 atom stereocenters. The number of carbonyl (C=O) groups is 2. The largest absolute Gasteiger partial charge is 0.481 e.